The number of nitrogens with one attached hydrogen (secondary N) is 1. The maximum atomic E-state index is 15.1. The van der Waals surface area contributed by atoms with Crippen molar-refractivity contribution < 1.29 is 23.5 Å². The molecule has 2 aromatic carbocycles. The van der Waals surface area contributed by atoms with Crippen LogP contribution in [0.5, 0.6) is 17.4 Å². The number of aldehydes is 1. The largest absolute Gasteiger partial charge is 0.496 e. The van der Waals surface area contributed by atoms with Crippen LogP contribution in [0.1, 0.15) is 39.0 Å². The van der Waals surface area contributed by atoms with Gasteiger partial charge in [0.1, 0.15) is 11.4 Å². The van der Waals surface area contributed by atoms with Crippen molar-refractivity contribution in [1.29, 1.82) is 0 Å². The van der Waals surface area contributed by atoms with Gasteiger partial charge in [0.05, 0.1) is 24.6 Å². The molecule has 0 saturated carbocycles. The Hall–Kier alpha value is -5.12. The third-order valence-electron chi connectivity index (χ3n) is 6.18. The quantitative estimate of drug-likeness (QED) is 0.260. The number of pyridine rings is 1. The Morgan fingerprint density at radius 3 is 2.64 bits per heavy atom. The van der Waals surface area contributed by atoms with Crippen molar-refractivity contribution in [3.8, 4) is 28.6 Å². The lowest BCUT2D eigenvalue weighted by atomic mass is 10.1. The molecule has 3 heterocycles. The normalized spacial score (nSPS) is 10.9. The number of carbonyl (C=O) groups excluding carboxylic acids is 2. The van der Waals surface area contributed by atoms with Gasteiger partial charge in [-0.25, -0.2) is 14.4 Å². The summed E-state index contributed by atoms with van der Waals surface area (Å²) in [4.78, 5) is 33.2. The number of aryl methyl sites for hydroxylation is 1. The van der Waals surface area contributed by atoms with Crippen LogP contribution in [0.15, 0.2) is 66.9 Å². The van der Waals surface area contributed by atoms with Gasteiger partial charge in [0, 0.05) is 34.6 Å². The lowest BCUT2D eigenvalue weighted by Gasteiger charge is -2.14. The van der Waals surface area contributed by atoms with Crippen molar-refractivity contribution >= 4 is 23.5 Å². The molecule has 0 aliphatic carbocycles. The molecular weight excluding hydrogens is 501 g/mol. The number of anilines is 1. The Morgan fingerprint density at radius 2 is 1.90 bits per heavy atom. The van der Waals surface area contributed by atoms with E-state index in [4.69, 9.17) is 9.47 Å². The van der Waals surface area contributed by atoms with E-state index in [9.17, 15) is 9.59 Å². The van der Waals surface area contributed by atoms with Gasteiger partial charge in [-0.3, -0.25) is 9.59 Å². The standard InChI is InChI=1S/C29H24FN5O4/c1-4-21-17(2)32-27-12-13-31-35(27)29(21)39-26-11-9-20(15-22(26)30)33-28(37)24-7-5-6-23(34-24)18-8-10-25(38-3)19(14-18)16-36/h5-16H,4H2,1-3H3,(H,33,37). The first-order chi connectivity index (χ1) is 18.9. The van der Waals surface area contributed by atoms with Gasteiger partial charge in [0.2, 0.25) is 5.88 Å². The number of carbonyl (C=O) groups is 2. The number of hydrogen-bond acceptors (Lipinski definition) is 7. The molecule has 0 saturated heterocycles. The van der Waals surface area contributed by atoms with Crippen LogP contribution in [-0.4, -0.2) is 38.9 Å². The summed E-state index contributed by atoms with van der Waals surface area (Å²) < 4.78 is 27.8. The molecule has 3 aromatic heterocycles. The zero-order chi connectivity index (χ0) is 27.5. The summed E-state index contributed by atoms with van der Waals surface area (Å²) in [6.07, 6.45) is 2.91. The van der Waals surface area contributed by atoms with Crippen LogP contribution in [0.25, 0.3) is 16.9 Å². The van der Waals surface area contributed by atoms with E-state index in [1.165, 1.54) is 23.8 Å². The Balaban J connectivity index is 1.37. The van der Waals surface area contributed by atoms with E-state index < -0.39 is 11.7 Å². The number of rotatable bonds is 8. The number of amides is 1. The van der Waals surface area contributed by atoms with Crippen molar-refractivity contribution in [2.75, 3.05) is 12.4 Å². The van der Waals surface area contributed by atoms with Gasteiger partial charge < -0.3 is 14.8 Å². The van der Waals surface area contributed by atoms with Gasteiger partial charge >= 0.3 is 0 Å². The summed E-state index contributed by atoms with van der Waals surface area (Å²) in [6, 6.07) is 15.9. The summed E-state index contributed by atoms with van der Waals surface area (Å²) in [5.41, 5.74) is 4.04. The number of aromatic nitrogens is 4. The van der Waals surface area contributed by atoms with Crippen LogP contribution in [0.2, 0.25) is 0 Å². The molecule has 0 fully saturated rings. The van der Waals surface area contributed by atoms with Crippen LogP contribution in [0.3, 0.4) is 0 Å². The van der Waals surface area contributed by atoms with Crippen LogP contribution in [-0.2, 0) is 6.42 Å². The molecule has 0 radical (unpaired) electrons. The molecule has 0 bridgehead atoms. The zero-order valence-electron chi connectivity index (χ0n) is 21.4. The molecule has 1 N–H and O–H groups in total. The fourth-order valence-electron chi connectivity index (χ4n) is 4.24. The van der Waals surface area contributed by atoms with E-state index in [-0.39, 0.29) is 17.1 Å². The van der Waals surface area contributed by atoms with Crippen molar-refractivity contribution in [1.82, 2.24) is 19.6 Å². The fraction of sp³-hybridized carbons (Fsp3) is 0.138. The first-order valence-electron chi connectivity index (χ1n) is 12.1. The monoisotopic (exact) mass is 525 g/mol. The molecule has 9 nitrogen and oxygen atoms in total. The minimum Gasteiger partial charge on any atom is -0.496 e. The van der Waals surface area contributed by atoms with E-state index in [0.717, 1.165) is 11.3 Å². The molecule has 0 atom stereocenters. The molecule has 0 aliphatic rings. The molecule has 10 heteroatoms. The second-order valence-electron chi connectivity index (χ2n) is 8.62. The molecule has 0 unspecified atom stereocenters. The summed E-state index contributed by atoms with van der Waals surface area (Å²) in [5.74, 6) is -0.374. The lowest BCUT2D eigenvalue weighted by Crippen LogP contribution is -2.14. The number of ether oxygens (including phenoxy) is 2. The molecule has 196 valence electrons. The van der Waals surface area contributed by atoms with Crippen molar-refractivity contribution in [2.24, 2.45) is 0 Å². The number of nitrogens with zero attached hydrogens (tertiary/aromatic N) is 4. The second-order valence-corrected chi connectivity index (χ2v) is 8.62. The first kappa shape index (κ1) is 25.5. The Kier molecular flexibility index (Phi) is 7.00. The Morgan fingerprint density at radius 1 is 1.08 bits per heavy atom. The van der Waals surface area contributed by atoms with E-state index in [1.807, 2.05) is 13.8 Å². The summed E-state index contributed by atoms with van der Waals surface area (Å²) in [5, 5.41) is 6.92. The van der Waals surface area contributed by atoms with Crippen LogP contribution in [0, 0.1) is 12.7 Å². The zero-order valence-corrected chi connectivity index (χ0v) is 21.4. The van der Waals surface area contributed by atoms with E-state index in [0.29, 0.717) is 46.8 Å². The van der Waals surface area contributed by atoms with Crippen LogP contribution in [0.4, 0.5) is 10.1 Å². The predicted molar refractivity (Wildman–Crippen MR) is 143 cm³/mol. The maximum Gasteiger partial charge on any atom is 0.274 e. The number of hydrogen-bond donors (Lipinski definition) is 1. The van der Waals surface area contributed by atoms with Crippen LogP contribution < -0.4 is 14.8 Å². The smallest absolute Gasteiger partial charge is 0.274 e. The predicted octanol–water partition coefficient (Wildman–Crippen LogP) is 5.67. The van der Waals surface area contributed by atoms with Crippen LogP contribution >= 0.6 is 0 Å². The van der Waals surface area contributed by atoms with E-state index >= 15 is 4.39 Å². The molecule has 5 rings (SSSR count). The first-order valence-corrected chi connectivity index (χ1v) is 12.1. The highest BCUT2D eigenvalue weighted by Gasteiger charge is 2.17. The highest BCUT2D eigenvalue weighted by molar-refractivity contribution is 6.03. The number of fused-ring (bicyclic) bond motifs is 1. The second kappa shape index (κ2) is 10.7. The van der Waals surface area contributed by atoms with Gasteiger partial charge in [0.25, 0.3) is 5.91 Å². The minimum absolute atomic E-state index is 0.0179. The molecule has 5 aromatic rings. The lowest BCUT2D eigenvalue weighted by molar-refractivity contribution is 0.102. The molecular formula is C29H24FN5O4. The minimum atomic E-state index is -0.661. The third-order valence-corrected chi connectivity index (χ3v) is 6.18. The Labute approximate surface area is 223 Å². The average molecular weight is 526 g/mol. The van der Waals surface area contributed by atoms with Gasteiger partial charge in [-0.1, -0.05) is 13.0 Å². The Bertz CT molecular complexity index is 1720. The van der Waals surface area contributed by atoms with Crippen molar-refractivity contribution in [3.63, 3.8) is 0 Å². The maximum absolute atomic E-state index is 15.1. The average Bonchev–Trinajstić information content (AvgIpc) is 3.42. The van der Waals surface area contributed by atoms with Gasteiger partial charge in [-0.05, 0) is 55.8 Å². The molecule has 1 amide bonds. The summed E-state index contributed by atoms with van der Waals surface area (Å²) >= 11 is 0. The molecule has 0 aliphatic heterocycles. The number of benzene rings is 2. The van der Waals surface area contributed by atoms with E-state index in [2.05, 4.69) is 20.4 Å². The SMILES string of the molecule is CCc1c(C)nc2ccnn2c1Oc1ccc(NC(=O)c2cccc(-c3ccc(OC)c(C=O)c3)n2)cc1F. The van der Waals surface area contributed by atoms with Crippen molar-refractivity contribution in [2.45, 2.75) is 20.3 Å². The van der Waals surface area contributed by atoms with Gasteiger partial charge in [-0.2, -0.15) is 9.61 Å². The summed E-state index contributed by atoms with van der Waals surface area (Å²) in [7, 11) is 1.48. The number of halogens is 1. The fourth-order valence-corrected chi connectivity index (χ4v) is 4.24. The van der Waals surface area contributed by atoms with Gasteiger partial charge in [0.15, 0.2) is 23.5 Å². The van der Waals surface area contributed by atoms with Gasteiger partial charge in [-0.15, -0.1) is 0 Å². The summed E-state index contributed by atoms with van der Waals surface area (Å²) in [6.45, 7) is 3.83. The topological polar surface area (TPSA) is 108 Å². The molecule has 39 heavy (non-hydrogen) atoms. The highest BCUT2D eigenvalue weighted by atomic mass is 19.1. The third kappa shape index (κ3) is 5.04. The number of methoxy groups -OCH3 is 1. The molecule has 0 spiro atoms. The highest BCUT2D eigenvalue weighted by Crippen LogP contribution is 2.31. The van der Waals surface area contributed by atoms with E-state index in [1.54, 1.807) is 54.7 Å². The van der Waals surface area contributed by atoms with Crippen molar-refractivity contribution in [3.05, 3.63) is 95.2 Å².